The summed E-state index contributed by atoms with van der Waals surface area (Å²) in [5, 5.41) is 27.8. The average molecular weight is 518 g/mol. The van der Waals surface area contributed by atoms with Crippen molar-refractivity contribution in [2.45, 2.75) is 89.4 Å². The number of esters is 1. The third kappa shape index (κ3) is 8.13. The largest absolute Gasteiger partial charge is 0.459 e. The van der Waals surface area contributed by atoms with E-state index in [4.69, 9.17) is 9.84 Å². The third-order valence-corrected chi connectivity index (χ3v) is 7.82. The molecule has 0 saturated carbocycles. The molecular formula is C28H39NO6S. The van der Waals surface area contributed by atoms with Crippen LogP contribution in [0.15, 0.2) is 36.4 Å². The maximum Gasteiger partial charge on any atom is 0.348 e. The number of benzene rings is 1. The summed E-state index contributed by atoms with van der Waals surface area (Å²) >= 11 is 1.35. The van der Waals surface area contributed by atoms with Gasteiger partial charge >= 0.3 is 5.97 Å². The zero-order chi connectivity index (χ0) is 25.9. The van der Waals surface area contributed by atoms with Crippen LogP contribution in [-0.4, -0.2) is 58.7 Å². The van der Waals surface area contributed by atoms with Gasteiger partial charge in [-0.1, -0.05) is 38.3 Å². The molecule has 0 spiro atoms. The number of thiophene rings is 1. The molecule has 1 aliphatic rings. The van der Waals surface area contributed by atoms with E-state index in [1.165, 1.54) is 42.6 Å². The monoisotopic (exact) mass is 517 g/mol. The van der Waals surface area contributed by atoms with E-state index in [2.05, 4.69) is 31.2 Å². The average Bonchev–Trinajstić information content (AvgIpc) is 3.51. The molecule has 0 bridgehead atoms. The molecule has 1 saturated heterocycles. The quantitative estimate of drug-likeness (QED) is 0.241. The molecule has 3 rings (SSSR count). The van der Waals surface area contributed by atoms with Crippen LogP contribution in [0.1, 0.15) is 78.4 Å². The van der Waals surface area contributed by atoms with E-state index in [0.717, 1.165) is 42.7 Å². The van der Waals surface area contributed by atoms with Gasteiger partial charge in [0.05, 0.1) is 6.61 Å². The van der Waals surface area contributed by atoms with Crippen molar-refractivity contribution in [3.8, 4) is 0 Å². The number of hydrogen-bond donors (Lipinski definition) is 3. The van der Waals surface area contributed by atoms with Crippen molar-refractivity contribution in [3.05, 3.63) is 51.7 Å². The molecule has 0 aliphatic carbocycles. The Morgan fingerprint density at radius 3 is 2.56 bits per heavy atom. The molecule has 1 aromatic heterocycles. The van der Waals surface area contributed by atoms with Crippen LogP contribution in [0.3, 0.4) is 0 Å². The van der Waals surface area contributed by atoms with Gasteiger partial charge in [-0.2, -0.15) is 0 Å². The number of carbonyl (C=O) groups is 2. The van der Waals surface area contributed by atoms with Gasteiger partial charge in [0.2, 0.25) is 5.91 Å². The Labute approximate surface area is 217 Å². The van der Waals surface area contributed by atoms with E-state index in [1.54, 1.807) is 6.07 Å². The van der Waals surface area contributed by atoms with Crippen LogP contribution in [0.5, 0.6) is 0 Å². The van der Waals surface area contributed by atoms with Crippen molar-refractivity contribution in [3.63, 3.8) is 0 Å². The van der Waals surface area contributed by atoms with Gasteiger partial charge in [0.25, 0.3) is 0 Å². The Hall–Kier alpha value is -2.26. The summed E-state index contributed by atoms with van der Waals surface area (Å²) in [5.41, 5.74) is 2.30. The molecule has 8 heteroatoms. The van der Waals surface area contributed by atoms with Crippen molar-refractivity contribution in [1.82, 2.24) is 0 Å². The summed E-state index contributed by atoms with van der Waals surface area (Å²) in [6, 6.07) is 12.3. The standard InChI is InChI=1S/C28H39NO6S/c1-2-3-4-5-7-20-10-12-22(13-11-20)29-21(14-17-27(29)33)8-6-9-23-15-16-26(36-23)28(34)35-19-25(32)24(31)18-30/h10-13,15-16,21,24-25,30-32H,2-9,14,17-19H2,1H3/t21-,24?,25?/m0/s1. The summed E-state index contributed by atoms with van der Waals surface area (Å²) in [6.07, 6.45) is 7.44. The Morgan fingerprint density at radius 2 is 1.83 bits per heavy atom. The molecule has 1 aliphatic heterocycles. The Kier molecular flexibility index (Phi) is 11.4. The van der Waals surface area contributed by atoms with Gasteiger partial charge in [-0.25, -0.2) is 4.79 Å². The van der Waals surface area contributed by atoms with Gasteiger partial charge in [0, 0.05) is 23.0 Å². The van der Waals surface area contributed by atoms with Crippen molar-refractivity contribution >= 4 is 28.9 Å². The van der Waals surface area contributed by atoms with E-state index < -0.39 is 24.8 Å². The van der Waals surface area contributed by atoms with Gasteiger partial charge in [0.15, 0.2) is 0 Å². The number of carbonyl (C=O) groups excluding carboxylic acids is 2. The number of aliphatic hydroxyl groups is 3. The number of aryl methyl sites for hydroxylation is 2. The zero-order valence-electron chi connectivity index (χ0n) is 21.1. The minimum absolute atomic E-state index is 0.186. The van der Waals surface area contributed by atoms with Crippen molar-refractivity contribution in [2.24, 2.45) is 0 Å². The maximum atomic E-state index is 12.6. The van der Waals surface area contributed by atoms with Gasteiger partial charge in [-0.3, -0.25) is 4.79 Å². The first-order valence-electron chi connectivity index (χ1n) is 13.1. The summed E-state index contributed by atoms with van der Waals surface area (Å²) < 4.78 is 5.03. The third-order valence-electron chi connectivity index (χ3n) is 6.70. The molecule has 3 N–H and O–H groups in total. The highest BCUT2D eigenvalue weighted by Gasteiger charge is 2.31. The number of rotatable bonds is 15. The molecule has 198 valence electrons. The van der Waals surface area contributed by atoms with Crippen LogP contribution >= 0.6 is 11.3 Å². The van der Waals surface area contributed by atoms with Crippen LogP contribution in [0.2, 0.25) is 0 Å². The maximum absolute atomic E-state index is 12.6. The fourth-order valence-corrected chi connectivity index (χ4v) is 5.49. The highest BCUT2D eigenvalue weighted by molar-refractivity contribution is 7.13. The summed E-state index contributed by atoms with van der Waals surface area (Å²) in [5.74, 6) is -0.373. The van der Waals surface area contributed by atoms with Crippen LogP contribution in [-0.2, 0) is 22.4 Å². The second-order valence-corrected chi connectivity index (χ2v) is 10.7. The predicted molar refractivity (Wildman–Crippen MR) is 141 cm³/mol. The Balaban J connectivity index is 1.46. The molecule has 1 aromatic carbocycles. The summed E-state index contributed by atoms with van der Waals surface area (Å²) in [6.45, 7) is 1.24. The van der Waals surface area contributed by atoms with Crippen molar-refractivity contribution in [1.29, 1.82) is 0 Å². The lowest BCUT2D eigenvalue weighted by Gasteiger charge is -2.25. The van der Waals surface area contributed by atoms with E-state index in [0.29, 0.717) is 11.3 Å². The van der Waals surface area contributed by atoms with Gasteiger partial charge in [-0.05, 0) is 68.4 Å². The summed E-state index contributed by atoms with van der Waals surface area (Å²) in [7, 11) is 0. The molecule has 1 amide bonds. The van der Waals surface area contributed by atoms with Crippen LogP contribution in [0, 0.1) is 0 Å². The van der Waals surface area contributed by atoms with Gasteiger partial charge < -0.3 is 25.0 Å². The lowest BCUT2D eigenvalue weighted by molar-refractivity contribution is -0.117. The second kappa shape index (κ2) is 14.5. The lowest BCUT2D eigenvalue weighted by Crippen LogP contribution is -2.34. The number of nitrogens with zero attached hydrogens (tertiary/aromatic N) is 1. The molecule has 2 aromatic rings. The highest BCUT2D eigenvalue weighted by Crippen LogP contribution is 2.30. The van der Waals surface area contributed by atoms with Gasteiger partial charge in [0.1, 0.15) is 23.7 Å². The second-order valence-electron chi connectivity index (χ2n) is 9.51. The first-order valence-corrected chi connectivity index (χ1v) is 13.9. The fourth-order valence-electron chi connectivity index (χ4n) is 4.55. The van der Waals surface area contributed by atoms with Crippen molar-refractivity contribution < 1.29 is 29.6 Å². The van der Waals surface area contributed by atoms with Crippen LogP contribution in [0.25, 0.3) is 0 Å². The highest BCUT2D eigenvalue weighted by atomic mass is 32.1. The molecule has 7 nitrogen and oxygen atoms in total. The smallest absolute Gasteiger partial charge is 0.348 e. The molecule has 0 radical (unpaired) electrons. The molecule has 1 fully saturated rings. The molecule has 2 unspecified atom stereocenters. The molecule has 2 heterocycles. The van der Waals surface area contributed by atoms with Crippen LogP contribution in [0.4, 0.5) is 5.69 Å². The van der Waals surface area contributed by atoms with E-state index >= 15 is 0 Å². The number of hydrogen-bond acceptors (Lipinski definition) is 7. The number of ether oxygens (including phenoxy) is 1. The topological polar surface area (TPSA) is 107 Å². The molecular weight excluding hydrogens is 478 g/mol. The SMILES string of the molecule is CCCCCCc1ccc(N2C(=O)CC[C@@H]2CCCc2ccc(C(=O)OCC(O)C(O)CO)s2)cc1. The first kappa shape index (κ1) is 28.3. The van der Waals surface area contributed by atoms with Crippen LogP contribution < -0.4 is 4.90 Å². The molecule has 3 atom stereocenters. The van der Waals surface area contributed by atoms with Crippen molar-refractivity contribution in [2.75, 3.05) is 18.1 Å². The Morgan fingerprint density at radius 1 is 1.06 bits per heavy atom. The van der Waals surface area contributed by atoms with Gasteiger partial charge in [-0.15, -0.1) is 11.3 Å². The Bertz CT molecular complexity index is 959. The number of aliphatic hydroxyl groups excluding tert-OH is 3. The number of anilines is 1. The number of amides is 1. The van der Waals surface area contributed by atoms with E-state index in [1.807, 2.05) is 11.0 Å². The lowest BCUT2D eigenvalue weighted by atomic mass is 10.0. The van der Waals surface area contributed by atoms with E-state index in [9.17, 15) is 19.8 Å². The first-order chi connectivity index (χ1) is 17.4. The summed E-state index contributed by atoms with van der Waals surface area (Å²) in [4.78, 5) is 28.3. The number of unbranched alkanes of at least 4 members (excludes halogenated alkanes) is 3. The predicted octanol–water partition coefficient (Wildman–Crippen LogP) is 4.26. The normalized spacial score (nSPS) is 17.4. The zero-order valence-corrected chi connectivity index (χ0v) is 21.9. The fraction of sp³-hybridized carbons (Fsp3) is 0.571. The minimum atomic E-state index is -1.34. The molecule has 36 heavy (non-hydrogen) atoms. The minimum Gasteiger partial charge on any atom is -0.459 e. The van der Waals surface area contributed by atoms with E-state index in [-0.39, 0.29) is 18.6 Å².